The highest BCUT2D eigenvalue weighted by atomic mass is 35.5. The average molecular weight is 382 g/mol. The van der Waals surface area contributed by atoms with E-state index in [1.165, 1.54) is 36.4 Å². The number of halogens is 1. The largest absolute Gasteiger partial charge is 0.490 e. The van der Waals surface area contributed by atoms with E-state index in [4.69, 9.17) is 21.4 Å². The summed E-state index contributed by atoms with van der Waals surface area (Å²) >= 11 is 5.78. The molecule has 6 nitrogen and oxygen atoms in total. The number of rotatable bonds is 8. The molecule has 0 aliphatic rings. The minimum absolute atomic E-state index is 0.0508. The highest BCUT2D eigenvalue weighted by molar-refractivity contribution is 7.92. The van der Waals surface area contributed by atoms with Gasteiger partial charge in [-0.2, -0.15) is 0 Å². The number of hydrogen-bond donors (Lipinski definition) is 1. The Labute approximate surface area is 151 Å². The van der Waals surface area contributed by atoms with Gasteiger partial charge in [-0.15, -0.1) is 0 Å². The van der Waals surface area contributed by atoms with Crippen LogP contribution in [0.5, 0.6) is 5.75 Å². The summed E-state index contributed by atoms with van der Waals surface area (Å²) in [5.41, 5.74) is 0.211. The second kappa shape index (κ2) is 8.04. The van der Waals surface area contributed by atoms with Crippen LogP contribution in [-0.2, 0) is 14.8 Å². The molecule has 0 aliphatic heterocycles. The van der Waals surface area contributed by atoms with Crippen LogP contribution in [0.3, 0.4) is 0 Å². The fraction of sp³-hybridized carbons (Fsp3) is 0.118. The summed E-state index contributed by atoms with van der Waals surface area (Å²) in [6.07, 6.45) is 1.58. The van der Waals surface area contributed by atoms with Crippen LogP contribution >= 0.6 is 11.6 Å². The van der Waals surface area contributed by atoms with Crippen molar-refractivity contribution in [1.29, 1.82) is 0 Å². The lowest BCUT2D eigenvalue weighted by atomic mass is 10.3. The monoisotopic (exact) mass is 381 g/mol. The molecular weight excluding hydrogens is 366 g/mol. The molecule has 0 unspecified atom stereocenters. The highest BCUT2D eigenvalue weighted by Crippen LogP contribution is 2.26. The third-order valence-corrected chi connectivity index (χ3v) is 5.21. The molecule has 8 heteroatoms. The summed E-state index contributed by atoms with van der Waals surface area (Å²) in [4.78, 5) is 11.1. The first kappa shape index (κ1) is 18.8. The first-order valence-corrected chi connectivity index (χ1v) is 9.00. The van der Waals surface area contributed by atoms with Gasteiger partial charge in [-0.1, -0.05) is 24.3 Å². The summed E-state index contributed by atoms with van der Waals surface area (Å²) in [5.74, 6) is -0.757. The van der Waals surface area contributed by atoms with Crippen LogP contribution in [0.25, 0.3) is 0 Å². The number of hydrogen-bond acceptors (Lipinski definition) is 4. The normalized spacial score (nSPS) is 10.9. The average Bonchev–Trinajstić information content (AvgIpc) is 2.58. The molecule has 0 aliphatic carbocycles. The molecule has 0 amide bonds. The van der Waals surface area contributed by atoms with Crippen LogP contribution in [-0.4, -0.2) is 32.6 Å². The van der Waals surface area contributed by atoms with Crippen LogP contribution < -0.4 is 9.04 Å². The third-order valence-electron chi connectivity index (χ3n) is 3.17. The van der Waals surface area contributed by atoms with Crippen molar-refractivity contribution in [1.82, 2.24) is 0 Å². The Balaban J connectivity index is 2.39. The Morgan fingerprint density at radius 1 is 1.16 bits per heavy atom. The molecule has 25 heavy (non-hydrogen) atoms. The lowest BCUT2D eigenvalue weighted by molar-refractivity contribution is -0.135. The maximum atomic E-state index is 12.8. The van der Waals surface area contributed by atoms with Crippen LogP contribution in [0.15, 0.2) is 66.1 Å². The van der Waals surface area contributed by atoms with Crippen molar-refractivity contribution >= 4 is 33.3 Å². The zero-order valence-electron chi connectivity index (χ0n) is 13.1. The van der Waals surface area contributed by atoms with Crippen LogP contribution in [0.2, 0.25) is 5.02 Å². The number of carboxylic acids is 1. The van der Waals surface area contributed by atoms with E-state index < -0.39 is 22.5 Å². The van der Waals surface area contributed by atoms with Gasteiger partial charge in [0.1, 0.15) is 18.9 Å². The van der Waals surface area contributed by atoms with E-state index in [9.17, 15) is 13.2 Å². The number of aliphatic carboxylic acids is 1. The SMILES string of the molecule is C=CCOc1ccc(N(CC(=O)O)S(=O)(=O)c2ccc(Cl)cc2)cc1. The molecule has 0 spiro atoms. The molecule has 0 fully saturated rings. The molecule has 0 heterocycles. The fourth-order valence-corrected chi connectivity index (χ4v) is 3.58. The molecule has 1 N–H and O–H groups in total. The van der Waals surface area contributed by atoms with Crippen LogP contribution in [0.1, 0.15) is 0 Å². The molecule has 0 aromatic heterocycles. The van der Waals surface area contributed by atoms with E-state index in [2.05, 4.69) is 6.58 Å². The summed E-state index contributed by atoms with van der Waals surface area (Å²) in [7, 11) is -4.06. The predicted octanol–water partition coefficient (Wildman–Crippen LogP) is 3.18. The van der Waals surface area contributed by atoms with Gasteiger partial charge in [0.05, 0.1) is 10.6 Å². The maximum absolute atomic E-state index is 12.8. The third kappa shape index (κ3) is 4.74. The summed E-state index contributed by atoms with van der Waals surface area (Å²) in [6.45, 7) is 3.14. The van der Waals surface area contributed by atoms with E-state index >= 15 is 0 Å². The summed E-state index contributed by atoms with van der Waals surface area (Å²) in [6, 6.07) is 11.6. The first-order valence-electron chi connectivity index (χ1n) is 7.18. The molecule has 132 valence electrons. The van der Waals surface area contributed by atoms with E-state index in [0.29, 0.717) is 17.4 Å². The Kier molecular flexibility index (Phi) is 6.06. The number of benzene rings is 2. The van der Waals surface area contributed by atoms with Gasteiger partial charge in [0.15, 0.2) is 0 Å². The van der Waals surface area contributed by atoms with Gasteiger partial charge in [-0.3, -0.25) is 9.10 Å². The van der Waals surface area contributed by atoms with Gasteiger partial charge in [0.25, 0.3) is 10.0 Å². The Morgan fingerprint density at radius 3 is 2.28 bits per heavy atom. The van der Waals surface area contributed by atoms with Crippen molar-refractivity contribution < 1.29 is 23.1 Å². The molecule has 2 rings (SSSR count). The number of ether oxygens (including phenoxy) is 1. The number of sulfonamides is 1. The van der Waals surface area contributed by atoms with Gasteiger partial charge in [0, 0.05) is 5.02 Å². The first-order chi connectivity index (χ1) is 11.8. The predicted molar refractivity (Wildman–Crippen MR) is 95.8 cm³/mol. The van der Waals surface area contributed by atoms with Crippen molar-refractivity contribution in [3.63, 3.8) is 0 Å². The topological polar surface area (TPSA) is 83.9 Å². The lowest BCUT2D eigenvalue weighted by Crippen LogP contribution is -2.35. The van der Waals surface area contributed by atoms with Gasteiger partial charge in [-0.05, 0) is 48.5 Å². The van der Waals surface area contributed by atoms with Crippen LogP contribution in [0, 0.1) is 0 Å². The Morgan fingerprint density at radius 2 is 1.76 bits per heavy atom. The number of carboxylic acid groups (broad SMARTS) is 1. The number of nitrogens with zero attached hydrogens (tertiary/aromatic N) is 1. The molecule has 0 saturated carbocycles. The molecule has 2 aromatic carbocycles. The fourth-order valence-electron chi connectivity index (χ4n) is 2.04. The highest BCUT2D eigenvalue weighted by Gasteiger charge is 2.27. The zero-order chi connectivity index (χ0) is 18.4. The molecule has 0 bridgehead atoms. The molecule has 2 aromatic rings. The van der Waals surface area contributed by atoms with Crippen molar-refractivity contribution in [3.8, 4) is 5.75 Å². The van der Waals surface area contributed by atoms with E-state index in [-0.39, 0.29) is 10.6 Å². The van der Waals surface area contributed by atoms with Crippen molar-refractivity contribution in [3.05, 3.63) is 66.2 Å². The second-order valence-electron chi connectivity index (χ2n) is 4.95. The number of anilines is 1. The standard InChI is InChI=1S/C17H16ClNO5S/c1-2-11-24-15-7-5-14(6-8-15)19(12-17(20)21)25(22,23)16-9-3-13(18)4-10-16/h2-10H,1,11-12H2,(H,20,21). The molecular formula is C17H16ClNO5S. The second-order valence-corrected chi connectivity index (χ2v) is 7.25. The maximum Gasteiger partial charge on any atom is 0.324 e. The van der Waals surface area contributed by atoms with Crippen molar-refractivity contribution in [2.24, 2.45) is 0 Å². The van der Waals surface area contributed by atoms with Gasteiger partial charge >= 0.3 is 5.97 Å². The molecule has 0 radical (unpaired) electrons. The van der Waals surface area contributed by atoms with E-state index in [0.717, 1.165) is 4.31 Å². The zero-order valence-corrected chi connectivity index (χ0v) is 14.7. The summed E-state index contributed by atoms with van der Waals surface area (Å²) < 4.78 is 31.8. The molecule has 0 atom stereocenters. The number of carbonyl (C=O) groups is 1. The Hall–Kier alpha value is -2.51. The van der Waals surface area contributed by atoms with Crippen LogP contribution in [0.4, 0.5) is 5.69 Å². The quantitative estimate of drug-likeness (QED) is 0.710. The molecule has 0 saturated heterocycles. The minimum Gasteiger partial charge on any atom is -0.490 e. The summed E-state index contributed by atoms with van der Waals surface area (Å²) in [5, 5.41) is 9.49. The van der Waals surface area contributed by atoms with Gasteiger partial charge in [-0.25, -0.2) is 8.42 Å². The van der Waals surface area contributed by atoms with Crippen molar-refractivity contribution in [2.75, 3.05) is 17.5 Å². The smallest absolute Gasteiger partial charge is 0.324 e. The van der Waals surface area contributed by atoms with E-state index in [1.807, 2.05) is 0 Å². The van der Waals surface area contributed by atoms with Gasteiger partial charge in [0.2, 0.25) is 0 Å². The Bertz CT molecular complexity index is 848. The lowest BCUT2D eigenvalue weighted by Gasteiger charge is -2.23. The van der Waals surface area contributed by atoms with Crippen molar-refractivity contribution in [2.45, 2.75) is 4.90 Å². The van der Waals surface area contributed by atoms with Gasteiger partial charge < -0.3 is 9.84 Å². The van der Waals surface area contributed by atoms with E-state index in [1.54, 1.807) is 18.2 Å². The minimum atomic E-state index is -4.06.